The Bertz CT molecular complexity index is 1040. The van der Waals surface area contributed by atoms with E-state index in [-0.39, 0.29) is 12.3 Å². The van der Waals surface area contributed by atoms with Crippen molar-refractivity contribution >= 4 is 23.2 Å². The van der Waals surface area contributed by atoms with Crippen LogP contribution in [0.4, 0.5) is 10.1 Å². The average Bonchev–Trinajstić information content (AvgIpc) is 3.30. The molecule has 3 N–H and O–H groups in total. The summed E-state index contributed by atoms with van der Waals surface area (Å²) in [5, 5.41) is 18.3. The Hall–Kier alpha value is -2.94. The predicted molar refractivity (Wildman–Crippen MR) is 134 cm³/mol. The summed E-state index contributed by atoms with van der Waals surface area (Å²) in [4.78, 5) is 14.5. The van der Waals surface area contributed by atoms with Crippen molar-refractivity contribution in [3.63, 3.8) is 0 Å². The minimum absolute atomic E-state index is 0.136. The number of aromatic amines is 1. The number of aliphatic hydroxyl groups excluding tert-OH is 1. The summed E-state index contributed by atoms with van der Waals surface area (Å²) in [6, 6.07) is 12.9. The van der Waals surface area contributed by atoms with E-state index in [2.05, 4.69) is 15.5 Å². The molecule has 1 heterocycles. The van der Waals surface area contributed by atoms with Crippen LogP contribution in [0, 0.1) is 0 Å². The Balaban J connectivity index is 0.000000604. The molecule has 0 radical (unpaired) electrons. The van der Waals surface area contributed by atoms with E-state index in [1.54, 1.807) is 12.3 Å². The summed E-state index contributed by atoms with van der Waals surface area (Å²) in [7, 11) is 3.98. The van der Waals surface area contributed by atoms with Crippen molar-refractivity contribution in [2.24, 2.45) is 0 Å². The van der Waals surface area contributed by atoms with Crippen molar-refractivity contribution in [2.45, 2.75) is 25.9 Å². The molecule has 7 nitrogen and oxygen atoms in total. The van der Waals surface area contributed by atoms with Crippen LogP contribution < -0.4 is 10.1 Å². The first-order valence-electron chi connectivity index (χ1n) is 10.8. The Morgan fingerprint density at radius 3 is 2.56 bits per heavy atom. The second-order valence-electron chi connectivity index (χ2n) is 8.54. The van der Waals surface area contributed by atoms with Gasteiger partial charge in [-0.15, -0.1) is 0 Å². The number of rotatable bonds is 9. The van der Waals surface area contributed by atoms with Gasteiger partial charge in [-0.1, -0.05) is 29.8 Å². The van der Waals surface area contributed by atoms with Gasteiger partial charge in [-0.2, -0.15) is 5.10 Å². The molecule has 2 aromatic carbocycles. The number of carbonyl (C=O) groups excluding carboxylic acids is 1. The number of ether oxygens (including phenoxy) is 1. The van der Waals surface area contributed by atoms with Gasteiger partial charge < -0.3 is 20.1 Å². The van der Waals surface area contributed by atoms with E-state index in [0.717, 1.165) is 23.2 Å². The maximum atomic E-state index is 12.4. The lowest BCUT2D eigenvalue weighted by molar-refractivity contribution is -0.115. The number of aliphatic hydroxyl groups is 1. The van der Waals surface area contributed by atoms with E-state index in [9.17, 15) is 9.18 Å². The number of carbonyl (C=O) groups is 1. The highest BCUT2D eigenvalue weighted by atomic mass is 35.5. The average molecular weight is 491 g/mol. The van der Waals surface area contributed by atoms with Crippen molar-refractivity contribution in [3.8, 4) is 16.9 Å². The standard InChI is InChI=1S/C21H23ClN4O2.C4H9FO/c1-26(2)9-10-28-20-12-17(7-8-18(20)16-13-23-24-14-16)25-21(27)11-15-5-3-4-6-19(15)22;1-4(2,5)3-6/h3-8,12-14H,9-11H2,1-2H3,(H,23,24)(H,25,27);6H,3H2,1-2H3. The number of amides is 1. The number of halogens is 2. The summed E-state index contributed by atoms with van der Waals surface area (Å²) in [5.74, 6) is 0.558. The van der Waals surface area contributed by atoms with E-state index in [4.69, 9.17) is 21.4 Å². The van der Waals surface area contributed by atoms with Gasteiger partial charge in [-0.3, -0.25) is 9.89 Å². The normalized spacial score (nSPS) is 11.1. The lowest BCUT2D eigenvalue weighted by atomic mass is 10.1. The summed E-state index contributed by atoms with van der Waals surface area (Å²) in [5.41, 5.74) is 1.90. The Morgan fingerprint density at radius 1 is 1.26 bits per heavy atom. The molecule has 184 valence electrons. The molecule has 0 saturated heterocycles. The third-order valence-corrected chi connectivity index (χ3v) is 4.92. The van der Waals surface area contributed by atoms with Gasteiger partial charge in [-0.05, 0) is 51.7 Å². The molecule has 9 heteroatoms. The van der Waals surface area contributed by atoms with E-state index < -0.39 is 12.3 Å². The Labute approximate surface area is 204 Å². The maximum Gasteiger partial charge on any atom is 0.228 e. The number of hydrogen-bond acceptors (Lipinski definition) is 5. The smallest absolute Gasteiger partial charge is 0.228 e. The van der Waals surface area contributed by atoms with Crippen LogP contribution in [0.2, 0.25) is 5.02 Å². The first kappa shape index (κ1) is 27.3. The van der Waals surface area contributed by atoms with Crippen molar-refractivity contribution in [1.82, 2.24) is 15.1 Å². The van der Waals surface area contributed by atoms with Crippen molar-refractivity contribution in [3.05, 3.63) is 65.4 Å². The van der Waals surface area contributed by atoms with E-state index >= 15 is 0 Å². The second kappa shape index (κ2) is 13.1. The van der Waals surface area contributed by atoms with Gasteiger partial charge in [0.1, 0.15) is 18.0 Å². The molecule has 1 amide bonds. The summed E-state index contributed by atoms with van der Waals surface area (Å²) < 4.78 is 17.8. The first-order chi connectivity index (χ1) is 16.1. The number of alkyl halides is 1. The number of hydrogen-bond donors (Lipinski definition) is 3. The fourth-order valence-electron chi connectivity index (χ4n) is 2.71. The molecule has 0 aliphatic rings. The van der Waals surface area contributed by atoms with Crippen LogP contribution in [-0.2, 0) is 11.2 Å². The van der Waals surface area contributed by atoms with Crippen LogP contribution in [0.1, 0.15) is 19.4 Å². The molecule has 0 bridgehead atoms. The van der Waals surface area contributed by atoms with Gasteiger partial charge in [0.25, 0.3) is 0 Å². The molecule has 0 unspecified atom stereocenters. The lowest BCUT2D eigenvalue weighted by Crippen LogP contribution is -2.19. The van der Waals surface area contributed by atoms with E-state index in [1.165, 1.54) is 13.8 Å². The zero-order chi connectivity index (χ0) is 25.1. The highest BCUT2D eigenvalue weighted by Crippen LogP contribution is 2.32. The van der Waals surface area contributed by atoms with Crippen LogP contribution in [0.15, 0.2) is 54.9 Å². The van der Waals surface area contributed by atoms with Crippen molar-refractivity contribution < 1.29 is 19.0 Å². The molecule has 0 saturated carbocycles. The third kappa shape index (κ3) is 9.51. The van der Waals surface area contributed by atoms with Gasteiger partial charge >= 0.3 is 0 Å². The molecule has 0 fully saturated rings. The van der Waals surface area contributed by atoms with E-state index in [0.29, 0.717) is 23.1 Å². The summed E-state index contributed by atoms with van der Waals surface area (Å²) in [6.07, 6.45) is 3.76. The topological polar surface area (TPSA) is 90.5 Å². The van der Waals surface area contributed by atoms with Gasteiger partial charge in [0.15, 0.2) is 0 Å². The largest absolute Gasteiger partial charge is 0.492 e. The number of likely N-dealkylation sites (N-methyl/N-ethyl adjacent to an activating group) is 1. The van der Waals surface area contributed by atoms with Crippen molar-refractivity contribution in [1.29, 1.82) is 0 Å². The fraction of sp³-hybridized carbons (Fsp3) is 0.360. The Morgan fingerprint density at radius 2 is 1.97 bits per heavy atom. The van der Waals surface area contributed by atoms with Crippen LogP contribution in [-0.4, -0.2) is 65.6 Å². The van der Waals surface area contributed by atoms with E-state index in [1.807, 2.05) is 61.6 Å². The summed E-state index contributed by atoms with van der Waals surface area (Å²) >= 11 is 6.14. The molecular formula is C25H32ClFN4O3. The monoisotopic (exact) mass is 490 g/mol. The molecule has 0 atom stereocenters. The number of aromatic nitrogens is 2. The molecular weight excluding hydrogens is 459 g/mol. The minimum atomic E-state index is -1.40. The predicted octanol–water partition coefficient (Wildman–Crippen LogP) is 4.58. The highest BCUT2D eigenvalue weighted by molar-refractivity contribution is 6.31. The number of anilines is 1. The fourth-order valence-corrected chi connectivity index (χ4v) is 2.92. The van der Waals surface area contributed by atoms with Gasteiger partial charge in [0.2, 0.25) is 5.91 Å². The number of nitrogens with one attached hydrogen (secondary N) is 2. The SMILES string of the molecule is CC(C)(F)CO.CN(C)CCOc1cc(NC(=O)Cc2ccccc2Cl)ccc1-c1cn[nH]c1. The number of benzene rings is 2. The molecule has 3 aromatic rings. The first-order valence-corrected chi connectivity index (χ1v) is 11.2. The third-order valence-electron chi connectivity index (χ3n) is 4.56. The molecule has 3 rings (SSSR count). The zero-order valence-corrected chi connectivity index (χ0v) is 20.7. The lowest BCUT2D eigenvalue weighted by Gasteiger charge is -2.15. The number of H-pyrrole nitrogens is 1. The summed E-state index contributed by atoms with van der Waals surface area (Å²) in [6.45, 7) is 3.58. The molecule has 0 aliphatic heterocycles. The van der Waals surface area contributed by atoms with Crippen molar-refractivity contribution in [2.75, 3.05) is 39.2 Å². The quantitative estimate of drug-likeness (QED) is 0.408. The maximum absolute atomic E-state index is 12.4. The molecule has 1 aromatic heterocycles. The second-order valence-corrected chi connectivity index (χ2v) is 8.95. The molecule has 34 heavy (non-hydrogen) atoms. The Kier molecular flexibility index (Phi) is 10.5. The van der Waals surface area contributed by atoms with Gasteiger partial charge in [-0.25, -0.2) is 4.39 Å². The van der Waals surface area contributed by atoms with Gasteiger partial charge in [0.05, 0.1) is 19.2 Å². The van der Waals surface area contributed by atoms with Crippen LogP contribution >= 0.6 is 11.6 Å². The molecule has 0 aliphatic carbocycles. The van der Waals surface area contributed by atoms with Gasteiger partial charge in [0, 0.05) is 40.6 Å². The van der Waals surface area contributed by atoms with Crippen LogP contribution in [0.5, 0.6) is 5.75 Å². The number of nitrogens with zero attached hydrogens (tertiary/aromatic N) is 2. The van der Waals surface area contributed by atoms with Crippen LogP contribution in [0.3, 0.4) is 0 Å². The minimum Gasteiger partial charge on any atom is -0.492 e. The zero-order valence-electron chi connectivity index (χ0n) is 19.9. The molecule has 0 spiro atoms. The van der Waals surface area contributed by atoms with Crippen LogP contribution in [0.25, 0.3) is 11.1 Å². The highest BCUT2D eigenvalue weighted by Gasteiger charge is 2.12.